The Kier molecular flexibility index (Phi) is 18.3. The maximum atomic E-state index is 12.3. The van der Waals surface area contributed by atoms with Crippen LogP contribution in [0.2, 0.25) is 0 Å². The lowest BCUT2D eigenvalue weighted by Crippen LogP contribution is -2.62. The van der Waals surface area contributed by atoms with Crippen LogP contribution >= 0.6 is 0 Å². The Bertz CT molecular complexity index is 1920. The van der Waals surface area contributed by atoms with Gasteiger partial charge in [0.1, 0.15) is 30.0 Å². The molecule has 0 saturated heterocycles. The molecule has 22 atom stereocenters. The number of carboxylic acid groups (broad SMARTS) is 1. The van der Waals surface area contributed by atoms with Crippen molar-refractivity contribution >= 4 is 37.8 Å². The van der Waals surface area contributed by atoms with Crippen molar-refractivity contribution in [1.82, 2.24) is 0 Å². The van der Waals surface area contributed by atoms with E-state index in [4.69, 9.17) is 23.7 Å². The Hall–Kier alpha value is -3.18. The number of ether oxygens (including phenoxy) is 5. The van der Waals surface area contributed by atoms with Gasteiger partial charge < -0.3 is 28.8 Å². The van der Waals surface area contributed by atoms with Gasteiger partial charge in [0, 0.05) is 24.7 Å². The molecule has 0 aliphatic heterocycles. The molecule has 0 bridgehead atoms. The van der Waals surface area contributed by atoms with Gasteiger partial charge in [-0.05, 0) is 235 Å². The summed E-state index contributed by atoms with van der Waals surface area (Å²) in [6.45, 7) is 27.4. The predicted octanol–water partition coefficient (Wildman–Crippen LogP) is 12.6. The molecule has 73 heavy (non-hydrogen) atoms. The monoisotopic (exact) mass is 1020 g/mol. The van der Waals surface area contributed by atoms with E-state index in [0.29, 0.717) is 109 Å². The maximum Gasteiger partial charge on any atom is 0.306 e. The van der Waals surface area contributed by atoms with Crippen molar-refractivity contribution < 1.29 is 57.6 Å². The molecule has 8 fully saturated rings. The summed E-state index contributed by atoms with van der Waals surface area (Å²) in [6, 6.07) is 0. The smallest absolute Gasteiger partial charge is 0.306 e. The second-order valence-electron chi connectivity index (χ2n) is 27.4. The summed E-state index contributed by atoms with van der Waals surface area (Å²) < 4.78 is 28.5. The first-order chi connectivity index (χ1) is 34.6. The normalized spacial score (nSPS) is 44.2. The quantitative estimate of drug-likeness (QED) is 0.0739. The molecular weight excluding hydrogens is 925 g/mol. The summed E-state index contributed by atoms with van der Waals surface area (Å²) >= 11 is 0. The fourth-order valence-corrected chi connectivity index (χ4v) is 20.4. The molecule has 12 heteroatoms. The van der Waals surface area contributed by atoms with Gasteiger partial charge in [-0.15, -0.1) is 0 Å². The molecule has 8 aliphatic rings. The van der Waals surface area contributed by atoms with Crippen LogP contribution in [0.4, 0.5) is 0 Å². The summed E-state index contributed by atoms with van der Waals surface area (Å²) in [5.41, 5.74) is 0.333. The van der Waals surface area contributed by atoms with Gasteiger partial charge in [0.15, 0.2) is 0 Å². The third kappa shape index (κ3) is 11.0. The number of rotatable bonds is 19. The van der Waals surface area contributed by atoms with Crippen LogP contribution in [0.15, 0.2) is 0 Å². The largest absolute Gasteiger partial charge is 0.481 e. The SMILES string of the molecule is CC[C@@H]1C2C[C@H](OC=O)CCC2(C)[C@H]2CCC3(C)C([C@H](C)CCC(=O)O)CC[C@H]3[C@@H]2[C@@H]1OC=O.CC[C@@H]1C2C[C@H](OC=O)CCC2(C)[C@H]2CCC3(C)C([C@H](C)CCCC(=O)OC(C)(C)C)CC[C@H]3[C@@H]2[C@@H]1OC=O. The fraction of sp³-hybridized carbons (Fsp3) is 0.902. The van der Waals surface area contributed by atoms with E-state index in [2.05, 4.69) is 55.4 Å². The lowest BCUT2D eigenvalue weighted by atomic mass is 9.41. The predicted molar refractivity (Wildman–Crippen MR) is 278 cm³/mol. The molecule has 1 N–H and O–H groups in total. The van der Waals surface area contributed by atoms with E-state index in [1.165, 1.54) is 32.1 Å². The Labute approximate surface area is 439 Å². The van der Waals surface area contributed by atoms with Crippen LogP contribution in [0.3, 0.4) is 0 Å². The Morgan fingerprint density at radius 3 is 1.33 bits per heavy atom. The highest BCUT2D eigenvalue weighted by Crippen LogP contribution is 2.72. The minimum absolute atomic E-state index is 0.0192. The van der Waals surface area contributed by atoms with Crippen LogP contribution in [-0.4, -0.2) is 73.0 Å². The number of hydrogen-bond donors (Lipinski definition) is 1. The van der Waals surface area contributed by atoms with Crippen LogP contribution in [0, 0.1) is 105 Å². The second-order valence-corrected chi connectivity index (χ2v) is 27.4. The average Bonchev–Trinajstić information content (AvgIpc) is 3.88. The van der Waals surface area contributed by atoms with E-state index >= 15 is 0 Å². The van der Waals surface area contributed by atoms with Crippen molar-refractivity contribution in [1.29, 1.82) is 0 Å². The minimum Gasteiger partial charge on any atom is -0.481 e. The molecule has 0 aromatic heterocycles. The molecular formula is C61H98O12. The molecule has 0 spiro atoms. The van der Waals surface area contributed by atoms with Crippen LogP contribution < -0.4 is 0 Å². The molecule has 8 rings (SSSR count). The summed E-state index contributed by atoms with van der Waals surface area (Å²) in [5.74, 6) is 5.50. The third-order valence-electron chi connectivity index (χ3n) is 23.4. The van der Waals surface area contributed by atoms with E-state index in [1.807, 2.05) is 20.8 Å². The average molecular weight is 1020 g/mol. The van der Waals surface area contributed by atoms with Crippen molar-refractivity contribution in [2.45, 2.75) is 241 Å². The standard InChI is InChI=1S/C33H54O6.C28H44O6/c1-8-23-27-18-22(37-19-34)14-16-33(27,7)26-15-17-32(6)24(12-13-25(32)29(26)30(23)38-20-35)21(2)10-9-11-28(36)39-31(3,4)5;1-5-19-23-14-18(33-15-29)10-12-28(23,4)22-11-13-27(3)20(17(2)6-9-24(31)32)7-8-21(27)25(22)26(19)34-16-30/h19-27,29-30H,8-18H2,1-7H3;15-23,25-26H,5-14H2,1-4H3,(H,31,32)/t21-,22-,23-,24?,25+,26+,27?,29+,30-,32?,33?;17-,18-,19-,20?,21+,22+,23?,25+,26-,27?,28?/m11/s1. The maximum absolute atomic E-state index is 12.3. The van der Waals surface area contributed by atoms with Crippen molar-refractivity contribution in [2.75, 3.05) is 0 Å². The first-order valence-corrected chi connectivity index (χ1v) is 29.4. The number of carbonyl (C=O) groups is 6. The van der Waals surface area contributed by atoms with Gasteiger partial charge in [-0.3, -0.25) is 28.8 Å². The molecule has 8 unspecified atom stereocenters. The topological polar surface area (TPSA) is 169 Å². The van der Waals surface area contributed by atoms with Gasteiger partial charge in [-0.25, -0.2) is 0 Å². The van der Waals surface area contributed by atoms with Crippen LogP contribution in [0.1, 0.15) is 211 Å². The van der Waals surface area contributed by atoms with Gasteiger partial charge in [-0.2, -0.15) is 0 Å². The number of esters is 1. The highest BCUT2D eigenvalue weighted by Gasteiger charge is 2.68. The van der Waals surface area contributed by atoms with E-state index < -0.39 is 11.6 Å². The number of carboxylic acids is 1. The van der Waals surface area contributed by atoms with Crippen molar-refractivity contribution in [2.24, 2.45) is 105 Å². The van der Waals surface area contributed by atoms with Crippen LogP contribution in [0.25, 0.3) is 0 Å². The van der Waals surface area contributed by atoms with Crippen molar-refractivity contribution in [3.8, 4) is 0 Å². The summed E-state index contributed by atoms with van der Waals surface area (Å²) in [5, 5.41) is 9.22. The van der Waals surface area contributed by atoms with E-state index in [9.17, 15) is 33.9 Å². The lowest BCUT2D eigenvalue weighted by Gasteiger charge is -2.65. The Morgan fingerprint density at radius 2 is 0.945 bits per heavy atom. The third-order valence-corrected chi connectivity index (χ3v) is 23.4. The summed E-state index contributed by atoms with van der Waals surface area (Å²) in [6.07, 6.45) is 20.3. The Morgan fingerprint density at radius 1 is 0.548 bits per heavy atom. The molecule has 0 heterocycles. The van der Waals surface area contributed by atoms with Gasteiger partial charge in [0.05, 0.1) is 0 Å². The zero-order chi connectivity index (χ0) is 53.3. The summed E-state index contributed by atoms with van der Waals surface area (Å²) in [4.78, 5) is 69.3. The molecule has 0 amide bonds. The molecule has 12 nitrogen and oxygen atoms in total. The number of hydrogen-bond acceptors (Lipinski definition) is 11. The zero-order valence-corrected chi connectivity index (χ0v) is 47.0. The van der Waals surface area contributed by atoms with Crippen LogP contribution in [0.5, 0.6) is 0 Å². The lowest BCUT2D eigenvalue weighted by molar-refractivity contribution is -0.213. The van der Waals surface area contributed by atoms with Crippen LogP contribution in [-0.2, 0) is 52.5 Å². The summed E-state index contributed by atoms with van der Waals surface area (Å²) in [7, 11) is 0. The first-order valence-electron chi connectivity index (χ1n) is 29.4. The molecule has 0 aromatic rings. The van der Waals surface area contributed by atoms with Gasteiger partial charge in [-0.1, -0.05) is 55.4 Å². The van der Waals surface area contributed by atoms with E-state index in [1.54, 1.807) is 0 Å². The van der Waals surface area contributed by atoms with Gasteiger partial charge in [0.2, 0.25) is 0 Å². The van der Waals surface area contributed by atoms with E-state index in [0.717, 1.165) is 89.9 Å². The molecule has 0 aromatic carbocycles. The zero-order valence-electron chi connectivity index (χ0n) is 47.0. The number of carbonyl (C=O) groups excluding carboxylic acids is 5. The molecule has 0 radical (unpaired) electrons. The van der Waals surface area contributed by atoms with Crippen molar-refractivity contribution in [3.05, 3.63) is 0 Å². The first kappa shape index (κ1) is 57.5. The number of fused-ring (bicyclic) bond motifs is 10. The highest BCUT2D eigenvalue weighted by molar-refractivity contribution is 5.69. The molecule has 8 saturated carbocycles. The Balaban J connectivity index is 0.000000216. The van der Waals surface area contributed by atoms with Crippen molar-refractivity contribution in [3.63, 3.8) is 0 Å². The molecule has 414 valence electrons. The minimum atomic E-state index is -0.707. The van der Waals surface area contributed by atoms with Gasteiger partial charge in [0.25, 0.3) is 25.9 Å². The fourth-order valence-electron chi connectivity index (χ4n) is 20.4. The van der Waals surface area contributed by atoms with E-state index in [-0.39, 0.29) is 64.4 Å². The number of aliphatic carboxylic acids is 1. The second kappa shape index (κ2) is 23.2. The molecule has 8 aliphatic carbocycles. The highest BCUT2D eigenvalue weighted by atomic mass is 16.6. The van der Waals surface area contributed by atoms with Gasteiger partial charge >= 0.3 is 11.9 Å².